The number of aryl methyl sites for hydroxylation is 1. The molecule has 21 heavy (non-hydrogen) atoms. The Morgan fingerprint density at radius 3 is 2.76 bits per heavy atom. The highest BCUT2D eigenvalue weighted by atomic mass is 35.5. The topological polar surface area (TPSA) is 73.1 Å². The highest BCUT2D eigenvalue weighted by Gasteiger charge is 2.28. The number of aromatic nitrogens is 2. The van der Waals surface area contributed by atoms with Gasteiger partial charge in [-0.1, -0.05) is 18.5 Å². The summed E-state index contributed by atoms with van der Waals surface area (Å²) in [5.74, 6) is 0. The summed E-state index contributed by atoms with van der Waals surface area (Å²) < 4.78 is 30.8. The second kappa shape index (κ2) is 5.13. The molecule has 0 bridgehead atoms. The Morgan fingerprint density at radius 1 is 1.29 bits per heavy atom. The quantitative estimate of drug-likeness (QED) is 0.740. The highest BCUT2D eigenvalue weighted by molar-refractivity contribution is 7.91. The number of fused-ring (bicyclic) bond motifs is 1. The summed E-state index contributed by atoms with van der Waals surface area (Å²) in [4.78, 5) is 0. The highest BCUT2D eigenvalue weighted by Crippen LogP contribution is 2.33. The Hall–Kier alpha value is -1.92. The molecule has 5 nitrogen and oxygen atoms in total. The van der Waals surface area contributed by atoms with Crippen LogP contribution in [0.15, 0.2) is 51.1 Å². The van der Waals surface area contributed by atoms with Crippen LogP contribution >= 0.6 is 11.6 Å². The maximum Gasteiger partial charge on any atom is 0.258 e. The fraction of sp³-hybridized carbons (Fsp3) is 0.143. The van der Waals surface area contributed by atoms with Gasteiger partial charge < -0.3 is 4.42 Å². The lowest BCUT2D eigenvalue weighted by atomic mass is 10.1. The van der Waals surface area contributed by atoms with Crippen molar-refractivity contribution in [3.8, 4) is 0 Å². The maximum atomic E-state index is 12.6. The van der Waals surface area contributed by atoms with E-state index >= 15 is 0 Å². The molecule has 0 saturated heterocycles. The fourth-order valence-electron chi connectivity index (χ4n) is 2.18. The first-order chi connectivity index (χ1) is 10.0. The van der Waals surface area contributed by atoms with Crippen molar-refractivity contribution in [2.45, 2.75) is 23.5 Å². The zero-order valence-electron chi connectivity index (χ0n) is 11.1. The van der Waals surface area contributed by atoms with Crippen molar-refractivity contribution in [1.82, 2.24) is 10.2 Å². The number of halogens is 1. The maximum absolute atomic E-state index is 12.6. The molecule has 108 valence electrons. The molecule has 0 aliphatic rings. The van der Waals surface area contributed by atoms with Crippen molar-refractivity contribution in [3.05, 3.63) is 47.1 Å². The van der Waals surface area contributed by atoms with Gasteiger partial charge in [-0.3, -0.25) is 0 Å². The first-order valence-electron chi connectivity index (χ1n) is 6.27. The van der Waals surface area contributed by atoms with Gasteiger partial charge in [-0.25, -0.2) is 8.42 Å². The Labute approximate surface area is 126 Å². The molecule has 3 aromatic rings. The van der Waals surface area contributed by atoms with Crippen molar-refractivity contribution >= 4 is 32.4 Å². The van der Waals surface area contributed by atoms with E-state index in [4.69, 9.17) is 16.0 Å². The molecule has 0 radical (unpaired) electrons. The third-order valence-corrected chi connectivity index (χ3v) is 4.96. The molecule has 0 atom stereocenters. The van der Waals surface area contributed by atoms with Crippen molar-refractivity contribution in [2.75, 3.05) is 0 Å². The number of hydrogen-bond donors (Lipinski definition) is 0. The molecule has 0 fully saturated rings. The van der Waals surface area contributed by atoms with Gasteiger partial charge in [0.2, 0.25) is 5.09 Å². The predicted molar refractivity (Wildman–Crippen MR) is 78.1 cm³/mol. The first-order valence-corrected chi connectivity index (χ1v) is 8.14. The van der Waals surface area contributed by atoms with E-state index in [0.29, 0.717) is 28.0 Å². The number of nitrogens with zero attached hydrogens (tertiary/aromatic N) is 2. The van der Waals surface area contributed by atoms with E-state index in [9.17, 15) is 8.42 Å². The van der Waals surface area contributed by atoms with Gasteiger partial charge in [-0.05, 0) is 36.8 Å². The molecule has 7 heteroatoms. The van der Waals surface area contributed by atoms with Crippen LogP contribution in [0, 0.1) is 0 Å². The molecule has 3 rings (SSSR count). The van der Waals surface area contributed by atoms with Crippen LogP contribution in [0.5, 0.6) is 0 Å². The van der Waals surface area contributed by atoms with E-state index < -0.39 is 9.84 Å². The van der Waals surface area contributed by atoms with E-state index in [1.165, 1.54) is 18.3 Å². The minimum Gasteiger partial charge on any atom is -0.444 e. The number of furan rings is 1. The van der Waals surface area contributed by atoms with Crippen LogP contribution < -0.4 is 0 Å². The molecule has 0 aliphatic heterocycles. The van der Waals surface area contributed by atoms with E-state index in [0.717, 1.165) is 0 Å². The van der Waals surface area contributed by atoms with E-state index in [1.54, 1.807) is 18.2 Å². The van der Waals surface area contributed by atoms with Crippen LogP contribution in [-0.2, 0) is 16.3 Å². The standard InChI is InChI=1S/C14H11ClN2O3S/c1-2-10-11-8-9(15)5-6-12(11)20-14(10)21(18,19)13-4-3-7-16-17-13/h3-8H,2H2,1H3. The SMILES string of the molecule is CCc1c(S(=O)(=O)c2cccnn2)oc2ccc(Cl)cc12. The second-order valence-electron chi connectivity index (χ2n) is 4.43. The first kappa shape index (κ1) is 14.0. The van der Waals surface area contributed by atoms with Gasteiger partial charge >= 0.3 is 0 Å². The van der Waals surface area contributed by atoms with Gasteiger partial charge in [-0.15, -0.1) is 5.10 Å². The van der Waals surface area contributed by atoms with Crippen LogP contribution in [0.1, 0.15) is 12.5 Å². The largest absolute Gasteiger partial charge is 0.444 e. The van der Waals surface area contributed by atoms with E-state index in [2.05, 4.69) is 10.2 Å². The summed E-state index contributed by atoms with van der Waals surface area (Å²) in [6.07, 6.45) is 1.92. The van der Waals surface area contributed by atoms with E-state index in [-0.39, 0.29) is 10.1 Å². The monoisotopic (exact) mass is 322 g/mol. The molecule has 0 amide bonds. The second-order valence-corrected chi connectivity index (χ2v) is 6.66. The van der Waals surface area contributed by atoms with Crippen LogP contribution in [0.2, 0.25) is 5.02 Å². The number of hydrogen-bond acceptors (Lipinski definition) is 5. The molecule has 2 aromatic heterocycles. The Balaban J connectivity index is 2.30. The average Bonchev–Trinajstić information content (AvgIpc) is 2.86. The minimum atomic E-state index is -3.84. The number of rotatable bonds is 3. The summed E-state index contributed by atoms with van der Waals surface area (Å²) in [7, 11) is -3.84. The Bertz CT molecular complexity index is 905. The van der Waals surface area contributed by atoms with Crippen molar-refractivity contribution in [2.24, 2.45) is 0 Å². The Morgan fingerprint density at radius 2 is 2.10 bits per heavy atom. The molecule has 0 N–H and O–H groups in total. The normalized spacial score (nSPS) is 11.9. The third-order valence-electron chi connectivity index (χ3n) is 3.14. The lowest BCUT2D eigenvalue weighted by Gasteiger charge is -2.01. The smallest absolute Gasteiger partial charge is 0.258 e. The van der Waals surface area contributed by atoms with Crippen LogP contribution in [0.3, 0.4) is 0 Å². The molecule has 0 aliphatic carbocycles. The summed E-state index contributed by atoms with van der Waals surface area (Å²) >= 11 is 5.97. The average molecular weight is 323 g/mol. The van der Waals surface area contributed by atoms with Gasteiger partial charge in [0.05, 0.1) is 0 Å². The van der Waals surface area contributed by atoms with Gasteiger partial charge in [0.1, 0.15) is 5.58 Å². The molecule has 0 spiro atoms. The van der Waals surface area contributed by atoms with Gasteiger partial charge in [0, 0.05) is 22.2 Å². The van der Waals surface area contributed by atoms with Gasteiger partial charge in [0.25, 0.3) is 9.84 Å². The summed E-state index contributed by atoms with van der Waals surface area (Å²) in [6.45, 7) is 1.86. The summed E-state index contributed by atoms with van der Waals surface area (Å²) in [5, 5.41) is 8.28. The van der Waals surface area contributed by atoms with Gasteiger partial charge in [0.15, 0.2) is 5.03 Å². The predicted octanol–water partition coefficient (Wildman–Crippen LogP) is 3.27. The van der Waals surface area contributed by atoms with Crippen molar-refractivity contribution in [1.29, 1.82) is 0 Å². The minimum absolute atomic E-state index is 0.0947. The molecule has 1 aromatic carbocycles. The van der Waals surface area contributed by atoms with Crippen LogP contribution in [-0.4, -0.2) is 18.6 Å². The summed E-state index contributed by atoms with van der Waals surface area (Å²) in [5.41, 5.74) is 1.08. The van der Waals surface area contributed by atoms with Crippen LogP contribution in [0.4, 0.5) is 0 Å². The molecular weight excluding hydrogens is 312 g/mol. The lowest BCUT2D eigenvalue weighted by Crippen LogP contribution is -2.06. The number of benzene rings is 1. The zero-order valence-corrected chi connectivity index (χ0v) is 12.6. The number of sulfone groups is 1. The zero-order chi connectivity index (χ0) is 15.0. The van der Waals surface area contributed by atoms with Crippen molar-refractivity contribution in [3.63, 3.8) is 0 Å². The Kier molecular flexibility index (Phi) is 3.43. The van der Waals surface area contributed by atoms with Crippen LogP contribution in [0.25, 0.3) is 11.0 Å². The third kappa shape index (κ3) is 2.30. The lowest BCUT2D eigenvalue weighted by molar-refractivity contribution is 0.473. The van der Waals surface area contributed by atoms with E-state index in [1.807, 2.05) is 6.92 Å². The molecule has 2 heterocycles. The van der Waals surface area contributed by atoms with Crippen molar-refractivity contribution < 1.29 is 12.8 Å². The molecule has 0 unspecified atom stereocenters. The molecular formula is C14H11ClN2O3S. The molecule has 0 saturated carbocycles. The van der Waals surface area contributed by atoms with Gasteiger partial charge in [-0.2, -0.15) is 5.10 Å². The fourth-order valence-corrected chi connectivity index (χ4v) is 3.73. The summed E-state index contributed by atoms with van der Waals surface area (Å²) in [6, 6.07) is 7.93.